The Bertz CT molecular complexity index is 1280. The van der Waals surface area contributed by atoms with Crippen molar-refractivity contribution in [1.29, 1.82) is 0 Å². The number of aryl methyl sites for hydroxylation is 1. The second-order valence-electron chi connectivity index (χ2n) is 7.95. The second-order valence-corrected chi connectivity index (χ2v) is 7.95. The minimum absolute atomic E-state index is 0.183. The molecule has 0 radical (unpaired) electrons. The van der Waals surface area contributed by atoms with Crippen LogP contribution in [0.15, 0.2) is 79.3 Å². The first kappa shape index (κ1) is 19.5. The number of halogens is 3. The number of carbonyl (C=O) groups is 1. The van der Waals surface area contributed by atoms with Crippen molar-refractivity contribution in [3.63, 3.8) is 0 Å². The summed E-state index contributed by atoms with van der Waals surface area (Å²) in [6.45, 7) is 0.734. The molecule has 3 nitrogen and oxygen atoms in total. The zero-order chi connectivity index (χ0) is 21.6. The molecule has 6 heteroatoms. The van der Waals surface area contributed by atoms with Gasteiger partial charge in [-0.15, -0.1) is 0 Å². The molecule has 0 spiro atoms. The van der Waals surface area contributed by atoms with Gasteiger partial charge in [0.2, 0.25) is 0 Å². The minimum atomic E-state index is -4.46. The van der Waals surface area contributed by atoms with Gasteiger partial charge in [-0.2, -0.15) is 13.2 Å². The molecule has 5 rings (SSSR count). The van der Waals surface area contributed by atoms with Gasteiger partial charge in [0, 0.05) is 23.4 Å². The number of fused-ring (bicyclic) bond motifs is 2. The third kappa shape index (κ3) is 3.63. The predicted octanol–water partition coefficient (Wildman–Crippen LogP) is 5.37. The van der Waals surface area contributed by atoms with Gasteiger partial charge in [0.15, 0.2) is 24.7 Å². The maximum absolute atomic E-state index is 13.2. The number of benzene rings is 2. The number of alkyl halides is 3. The lowest BCUT2D eigenvalue weighted by Crippen LogP contribution is -2.33. The highest BCUT2D eigenvalue weighted by Gasteiger charge is 2.35. The lowest BCUT2D eigenvalue weighted by Gasteiger charge is -2.26. The lowest BCUT2D eigenvalue weighted by atomic mass is 9.86. The summed E-state index contributed by atoms with van der Waals surface area (Å²) in [7, 11) is 0. The summed E-state index contributed by atoms with van der Waals surface area (Å²) >= 11 is 0. The van der Waals surface area contributed by atoms with E-state index >= 15 is 0 Å². The Morgan fingerprint density at radius 2 is 1.84 bits per heavy atom. The molecule has 31 heavy (non-hydrogen) atoms. The number of hydrogen-bond acceptors (Lipinski definition) is 1. The number of rotatable bonds is 3. The molecule has 4 aromatic rings. The molecule has 1 aliphatic carbocycles. The number of pyridine rings is 1. The van der Waals surface area contributed by atoms with Gasteiger partial charge in [-0.3, -0.25) is 4.79 Å². The number of carbonyl (C=O) groups excluding carboxylic acids is 1. The van der Waals surface area contributed by atoms with Crippen LogP contribution in [0.25, 0.3) is 10.9 Å². The molecule has 0 saturated heterocycles. The average Bonchev–Trinajstić information content (AvgIpc) is 3.17. The lowest BCUT2D eigenvalue weighted by molar-refractivity contribution is -0.687. The predicted molar refractivity (Wildman–Crippen MR) is 111 cm³/mol. The van der Waals surface area contributed by atoms with E-state index in [0.717, 1.165) is 29.6 Å². The summed E-state index contributed by atoms with van der Waals surface area (Å²) in [6, 6.07) is 17.0. The van der Waals surface area contributed by atoms with Crippen molar-refractivity contribution >= 4 is 16.7 Å². The summed E-state index contributed by atoms with van der Waals surface area (Å²) in [4.78, 5) is 13.2. The maximum Gasteiger partial charge on any atom is 0.416 e. The van der Waals surface area contributed by atoms with Crippen LogP contribution in [0.1, 0.15) is 39.5 Å². The zero-order valence-electron chi connectivity index (χ0n) is 16.6. The van der Waals surface area contributed by atoms with Gasteiger partial charge in [-0.1, -0.05) is 36.4 Å². The highest BCUT2D eigenvalue weighted by Crippen LogP contribution is 2.36. The second kappa shape index (κ2) is 7.38. The van der Waals surface area contributed by atoms with E-state index in [1.54, 1.807) is 0 Å². The molecule has 0 aliphatic heterocycles. The molecule has 0 fully saturated rings. The Morgan fingerprint density at radius 3 is 2.61 bits per heavy atom. The first-order valence-corrected chi connectivity index (χ1v) is 10.2. The van der Waals surface area contributed by atoms with E-state index < -0.39 is 17.8 Å². The molecule has 0 amide bonds. The molecule has 0 bridgehead atoms. The monoisotopic (exact) mass is 421 g/mol. The molecule has 0 N–H and O–H groups in total. The molecule has 2 heterocycles. The first-order valence-electron chi connectivity index (χ1n) is 10.2. The highest BCUT2D eigenvalue weighted by atomic mass is 19.4. The Hall–Kier alpha value is -3.41. The van der Waals surface area contributed by atoms with Crippen molar-refractivity contribution < 1.29 is 22.5 Å². The van der Waals surface area contributed by atoms with Crippen LogP contribution in [0.3, 0.4) is 0 Å². The van der Waals surface area contributed by atoms with E-state index in [4.69, 9.17) is 0 Å². The standard InChI is InChI=1S/C25H20F3N2O/c26-25(27,28)20-8-6-18-7-9-23(24(31)21(18)14-20)30-13-10-19-16-29(12-11-22(19)30)15-17-4-2-1-3-5-17/h1-6,8,10-14,16,23H,7,9,15H2/q+1. The summed E-state index contributed by atoms with van der Waals surface area (Å²) in [5, 5.41) is 0.987. The molecule has 2 aromatic heterocycles. The third-order valence-corrected chi connectivity index (χ3v) is 5.95. The zero-order valence-corrected chi connectivity index (χ0v) is 16.6. The smallest absolute Gasteiger partial charge is 0.336 e. The Balaban J connectivity index is 1.47. The van der Waals surface area contributed by atoms with Gasteiger partial charge in [0.05, 0.1) is 22.5 Å². The van der Waals surface area contributed by atoms with Crippen molar-refractivity contribution in [3.05, 3.63) is 102 Å². The van der Waals surface area contributed by atoms with Gasteiger partial charge in [0.1, 0.15) is 0 Å². The van der Waals surface area contributed by atoms with E-state index in [1.165, 1.54) is 11.6 Å². The molecular formula is C25H20F3N2O+. The van der Waals surface area contributed by atoms with Gasteiger partial charge in [0.25, 0.3) is 0 Å². The summed E-state index contributed by atoms with van der Waals surface area (Å²) in [5.41, 5.74) is 2.18. The van der Waals surface area contributed by atoms with Crippen LogP contribution in [0.5, 0.6) is 0 Å². The number of Topliss-reactive ketones (excluding diaryl/α,β-unsaturated/α-hetero) is 1. The quantitative estimate of drug-likeness (QED) is 0.409. The van der Waals surface area contributed by atoms with Crippen molar-refractivity contribution in [3.8, 4) is 0 Å². The molecule has 0 saturated carbocycles. The van der Waals surface area contributed by atoms with Crippen molar-refractivity contribution in [1.82, 2.24) is 4.57 Å². The van der Waals surface area contributed by atoms with Crippen molar-refractivity contribution in [2.24, 2.45) is 0 Å². The fourth-order valence-corrected chi connectivity index (χ4v) is 4.39. The molecule has 156 valence electrons. The van der Waals surface area contributed by atoms with Crippen LogP contribution in [0.2, 0.25) is 0 Å². The van der Waals surface area contributed by atoms with Crippen molar-refractivity contribution in [2.45, 2.75) is 31.6 Å². The number of ketones is 1. The fourth-order valence-electron chi connectivity index (χ4n) is 4.39. The third-order valence-electron chi connectivity index (χ3n) is 5.95. The van der Waals surface area contributed by atoms with Gasteiger partial charge < -0.3 is 4.57 Å². The molecule has 1 aliphatic rings. The minimum Gasteiger partial charge on any atom is -0.336 e. The summed E-state index contributed by atoms with van der Waals surface area (Å²) in [5.74, 6) is -0.258. The topological polar surface area (TPSA) is 25.9 Å². The van der Waals surface area contributed by atoms with Crippen LogP contribution >= 0.6 is 0 Å². The van der Waals surface area contributed by atoms with E-state index in [1.807, 2.05) is 53.5 Å². The maximum atomic E-state index is 13.2. The number of aromatic nitrogens is 2. The van der Waals surface area contributed by atoms with Crippen LogP contribution in [0, 0.1) is 0 Å². The average molecular weight is 421 g/mol. The van der Waals surface area contributed by atoms with Crippen LogP contribution in [-0.2, 0) is 19.1 Å². The van der Waals surface area contributed by atoms with Gasteiger partial charge in [-0.25, -0.2) is 4.57 Å². The van der Waals surface area contributed by atoms with Crippen LogP contribution < -0.4 is 4.57 Å². The van der Waals surface area contributed by atoms with Gasteiger partial charge >= 0.3 is 6.18 Å². The molecule has 1 atom stereocenters. The van der Waals surface area contributed by atoms with E-state index in [0.29, 0.717) is 18.4 Å². The van der Waals surface area contributed by atoms with E-state index in [2.05, 4.69) is 16.7 Å². The normalized spacial score (nSPS) is 16.5. The SMILES string of the molecule is O=C1c2cc(C(F)(F)F)ccc2CCC1n1ccc2c[n+](Cc3ccccc3)ccc21. The number of hydrogen-bond donors (Lipinski definition) is 0. The Morgan fingerprint density at radius 1 is 1.03 bits per heavy atom. The van der Waals surface area contributed by atoms with Gasteiger partial charge in [-0.05, 0) is 36.6 Å². The largest absolute Gasteiger partial charge is 0.416 e. The van der Waals surface area contributed by atoms with E-state index in [9.17, 15) is 18.0 Å². The Kier molecular flexibility index (Phi) is 4.65. The molecular weight excluding hydrogens is 401 g/mol. The van der Waals surface area contributed by atoms with Crippen LogP contribution in [-0.4, -0.2) is 10.4 Å². The van der Waals surface area contributed by atoms with Crippen LogP contribution in [0.4, 0.5) is 13.2 Å². The first-order chi connectivity index (χ1) is 14.9. The summed E-state index contributed by atoms with van der Waals surface area (Å²) in [6.07, 6.45) is 2.54. The summed E-state index contributed by atoms with van der Waals surface area (Å²) < 4.78 is 43.4. The fraction of sp³-hybridized carbons (Fsp3) is 0.200. The Labute approximate surface area is 177 Å². The van der Waals surface area contributed by atoms with E-state index in [-0.39, 0.29) is 11.3 Å². The van der Waals surface area contributed by atoms with Crippen molar-refractivity contribution in [2.75, 3.05) is 0 Å². The highest BCUT2D eigenvalue weighted by molar-refractivity contribution is 6.02. The molecule has 2 aromatic carbocycles. The number of nitrogens with zero attached hydrogens (tertiary/aromatic N) is 2. The molecule has 1 unspecified atom stereocenters.